The van der Waals surface area contributed by atoms with Crippen LogP contribution < -0.4 is 5.32 Å². The number of amides is 2. The third-order valence-corrected chi connectivity index (χ3v) is 5.80. The monoisotopic (exact) mass is 450 g/mol. The summed E-state index contributed by atoms with van der Waals surface area (Å²) >= 11 is 1.12. The van der Waals surface area contributed by atoms with E-state index in [1.54, 1.807) is 6.92 Å². The molecular formula is C23H22N4O4S. The van der Waals surface area contributed by atoms with Crippen molar-refractivity contribution in [3.8, 4) is 0 Å². The van der Waals surface area contributed by atoms with Gasteiger partial charge in [0.1, 0.15) is 11.9 Å². The zero-order chi connectivity index (χ0) is 22.5. The van der Waals surface area contributed by atoms with Crippen LogP contribution in [0.25, 0.3) is 0 Å². The quantitative estimate of drug-likeness (QED) is 0.654. The summed E-state index contributed by atoms with van der Waals surface area (Å²) in [6, 6.07) is 16.0. The van der Waals surface area contributed by atoms with Crippen LogP contribution in [-0.2, 0) is 25.7 Å². The second-order valence-electron chi connectivity index (χ2n) is 7.11. The smallest absolute Gasteiger partial charge is 0.316 e. The average molecular weight is 451 g/mol. The molecule has 1 N–H and O–H groups in total. The van der Waals surface area contributed by atoms with Crippen molar-refractivity contribution >= 4 is 46.2 Å². The minimum atomic E-state index is -0.847. The van der Waals surface area contributed by atoms with Gasteiger partial charge in [0.25, 0.3) is 5.91 Å². The van der Waals surface area contributed by atoms with Crippen molar-refractivity contribution in [1.29, 1.82) is 0 Å². The number of para-hydroxylation sites is 1. The first-order valence-electron chi connectivity index (χ1n) is 10.3. The van der Waals surface area contributed by atoms with Crippen LogP contribution in [0.15, 0.2) is 64.6 Å². The highest BCUT2D eigenvalue weighted by molar-refractivity contribution is 8.14. The molecule has 32 heavy (non-hydrogen) atoms. The molecule has 4 rings (SSSR count). The minimum Gasteiger partial charge on any atom is -0.465 e. The minimum absolute atomic E-state index is 0.0220. The van der Waals surface area contributed by atoms with Crippen molar-refractivity contribution in [2.24, 2.45) is 9.98 Å². The van der Waals surface area contributed by atoms with E-state index in [0.29, 0.717) is 28.8 Å². The van der Waals surface area contributed by atoms with Crippen molar-refractivity contribution in [3.05, 3.63) is 65.7 Å². The van der Waals surface area contributed by atoms with Crippen LogP contribution >= 0.6 is 11.8 Å². The van der Waals surface area contributed by atoms with E-state index in [0.717, 1.165) is 17.3 Å². The molecule has 1 atom stereocenters. The van der Waals surface area contributed by atoms with E-state index in [-0.39, 0.29) is 36.6 Å². The first-order chi connectivity index (χ1) is 15.6. The average Bonchev–Trinajstić information content (AvgIpc) is 3.13. The molecule has 0 aliphatic carbocycles. The number of nitrogens with zero attached hydrogens (tertiary/aromatic N) is 3. The lowest BCUT2D eigenvalue weighted by Gasteiger charge is -2.25. The van der Waals surface area contributed by atoms with Gasteiger partial charge in [0.15, 0.2) is 5.17 Å². The molecule has 2 heterocycles. The van der Waals surface area contributed by atoms with Gasteiger partial charge in [-0.1, -0.05) is 54.2 Å². The molecule has 9 heteroatoms. The van der Waals surface area contributed by atoms with E-state index >= 15 is 0 Å². The number of hydrogen-bond donors (Lipinski definition) is 1. The van der Waals surface area contributed by atoms with Gasteiger partial charge in [-0.2, -0.15) is 0 Å². The number of benzene rings is 2. The van der Waals surface area contributed by atoms with Crippen molar-refractivity contribution in [2.75, 3.05) is 12.4 Å². The largest absolute Gasteiger partial charge is 0.465 e. The lowest BCUT2D eigenvalue weighted by molar-refractivity contribution is -0.139. The van der Waals surface area contributed by atoms with Gasteiger partial charge in [-0.15, -0.1) is 0 Å². The van der Waals surface area contributed by atoms with Crippen molar-refractivity contribution in [3.63, 3.8) is 0 Å². The van der Waals surface area contributed by atoms with Crippen molar-refractivity contribution < 1.29 is 19.1 Å². The standard InChI is InChI=1S/C23H22N4O4S/c1-2-31-20(29)14-32-23-26-17-11-7-6-10-16(17)21-25-18(22(30)27(21)23)12-19(28)24-13-15-8-4-3-5-9-15/h3-11,18H,2,12-14H2,1H3,(H,24,28)/t18-/m1/s1. The Hall–Kier alpha value is -3.46. The van der Waals surface area contributed by atoms with E-state index in [4.69, 9.17) is 4.74 Å². The van der Waals surface area contributed by atoms with Crippen LogP contribution in [0.5, 0.6) is 0 Å². The fourth-order valence-electron chi connectivity index (χ4n) is 3.40. The molecule has 2 aliphatic heterocycles. The summed E-state index contributed by atoms with van der Waals surface area (Å²) in [7, 11) is 0. The predicted molar refractivity (Wildman–Crippen MR) is 123 cm³/mol. The van der Waals surface area contributed by atoms with Crippen LogP contribution in [0.3, 0.4) is 0 Å². The number of thioether (sulfide) groups is 1. The zero-order valence-electron chi connectivity index (χ0n) is 17.5. The Morgan fingerprint density at radius 2 is 1.88 bits per heavy atom. The van der Waals surface area contributed by atoms with E-state index in [9.17, 15) is 14.4 Å². The molecule has 8 nitrogen and oxygen atoms in total. The van der Waals surface area contributed by atoms with Gasteiger partial charge in [-0.05, 0) is 24.6 Å². The molecule has 0 saturated heterocycles. The number of amidine groups is 2. The van der Waals surface area contributed by atoms with Gasteiger partial charge in [-0.3, -0.25) is 19.4 Å². The van der Waals surface area contributed by atoms with Crippen LogP contribution in [0.2, 0.25) is 0 Å². The molecule has 0 aromatic heterocycles. The first kappa shape index (κ1) is 21.8. The molecule has 0 unspecified atom stereocenters. The summed E-state index contributed by atoms with van der Waals surface area (Å²) in [6.45, 7) is 2.40. The lowest BCUT2D eigenvalue weighted by Crippen LogP contribution is -2.42. The number of carbonyl (C=O) groups excluding carboxylic acids is 3. The summed E-state index contributed by atoms with van der Waals surface area (Å²) in [6.07, 6.45) is -0.0658. The molecule has 164 valence electrons. The molecule has 0 radical (unpaired) electrons. The van der Waals surface area contributed by atoms with E-state index in [1.807, 2.05) is 54.6 Å². The maximum absolute atomic E-state index is 13.2. The van der Waals surface area contributed by atoms with E-state index < -0.39 is 6.04 Å². The highest BCUT2D eigenvalue weighted by Gasteiger charge is 2.42. The van der Waals surface area contributed by atoms with Gasteiger partial charge in [0.05, 0.1) is 24.5 Å². The molecule has 0 saturated carbocycles. The third kappa shape index (κ3) is 4.72. The predicted octanol–water partition coefficient (Wildman–Crippen LogP) is 2.65. The van der Waals surface area contributed by atoms with Crippen LogP contribution in [0.1, 0.15) is 24.5 Å². The molecule has 2 aromatic carbocycles. The second kappa shape index (κ2) is 9.78. The summed E-state index contributed by atoms with van der Waals surface area (Å²) in [5.41, 5.74) is 2.35. The number of nitrogens with one attached hydrogen (secondary N) is 1. The van der Waals surface area contributed by atoms with Crippen LogP contribution in [-0.4, -0.2) is 52.1 Å². The van der Waals surface area contributed by atoms with E-state index in [1.165, 1.54) is 4.90 Å². The third-order valence-electron chi connectivity index (χ3n) is 4.88. The Morgan fingerprint density at radius 3 is 2.66 bits per heavy atom. The summed E-state index contributed by atoms with van der Waals surface area (Å²) < 4.78 is 4.98. The molecule has 2 aromatic rings. The van der Waals surface area contributed by atoms with Gasteiger partial charge < -0.3 is 10.1 Å². The molecule has 2 amide bonds. The maximum Gasteiger partial charge on any atom is 0.316 e. The number of ether oxygens (including phenoxy) is 1. The second-order valence-corrected chi connectivity index (χ2v) is 8.06. The van der Waals surface area contributed by atoms with Crippen molar-refractivity contribution in [2.45, 2.75) is 25.9 Å². The fraction of sp³-hybridized carbons (Fsp3) is 0.261. The maximum atomic E-state index is 13.2. The number of fused-ring (bicyclic) bond motifs is 3. The number of esters is 1. The Morgan fingerprint density at radius 1 is 1.12 bits per heavy atom. The highest BCUT2D eigenvalue weighted by Crippen LogP contribution is 2.34. The Kier molecular flexibility index (Phi) is 6.65. The summed E-state index contributed by atoms with van der Waals surface area (Å²) in [5, 5.41) is 3.19. The number of hydrogen-bond acceptors (Lipinski definition) is 7. The highest BCUT2D eigenvalue weighted by atomic mass is 32.2. The van der Waals surface area contributed by atoms with Gasteiger partial charge >= 0.3 is 5.97 Å². The van der Waals surface area contributed by atoms with Crippen LogP contribution in [0.4, 0.5) is 5.69 Å². The number of rotatable bonds is 7. The lowest BCUT2D eigenvalue weighted by atomic mass is 10.1. The molecule has 0 fully saturated rings. The van der Waals surface area contributed by atoms with Crippen LogP contribution in [0, 0.1) is 0 Å². The summed E-state index contributed by atoms with van der Waals surface area (Å²) in [4.78, 5) is 48.0. The normalized spacial score (nSPS) is 16.6. The van der Waals surface area contributed by atoms with Gasteiger partial charge in [-0.25, -0.2) is 9.89 Å². The van der Waals surface area contributed by atoms with Gasteiger partial charge in [0, 0.05) is 12.1 Å². The number of carbonyl (C=O) groups is 3. The Labute approximate surface area is 189 Å². The topological polar surface area (TPSA) is 100 Å². The Bertz CT molecular complexity index is 1100. The first-order valence-corrected chi connectivity index (χ1v) is 11.2. The van der Waals surface area contributed by atoms with E-state index in [2.05, 4.69) is 15.3 Å². The SMILES string of the molecule is CCOC(=O)CSC1=Nc2ccccc2C2=N[C@H](CC(=O)NCc3ccccc3)C(=O)N12. The van der Waals surface area contributed by atoms with Gasteiger partial charge in [0.2, 0.25) is 5.91 Å². The number of aliphatic imine (C=N–C) groups is 2. The molecule has 2 aliphatic rings. The fourth-order valence-corrected chi connectivity index (χ4v) is 4.20. The summed E-state index contributed by atoms with van der Waals surface area (Å²) in [5.74, 6) is -0.510. The zero-order valence-corrected chi connectivity index (χ0v) is 18.3. The van der Waals surface area contributed by atoms with Crippen molar-refractivity contribution in [1.82, 2.24) is 10.2 Å². The molecular weight excluding hydrogens is 428 g/mol. The Balaban J connectivity index is 1.50. The molecule has 0 spiro atoms. The molecule has 0 bridgehead atoms.